The fourth-order valence-electron chi connectivity index (χ4n) is 3.56. The molecule has 1 saturated carbocycles. The van der Waals surface area contributed by atoms with Gasteiger partial charge in [-0.2, -0.15) is 0 Å². The Morgan fingerprint density at radius 3 is 1.95 bits per heavy atom. The predicted octanol–water partition coefficient (Wildman–Crippen LogP) is 4.05. The summed E-state index contributed by atoms with van der Waals surface area (Å²) in [5.41, 5.74) is 5.45. The van der Waals surface area contributed by atoms with E-state index < -0.39 is 0 Å². The molecule has 0 aromatic heterocycles. The van der Waals surface area contributed by atoms with E-state index in [9.17, 15) is 0 Å². The third-order valence-electron chi connectivity index (χ3n) is 4.99. The van der Waals surface area contributed by atoms with Gasteiger partial charge < -0.3 is 4.74 Å². The number of benzene rings is 1. The van der Waals surface area contributed by atoms with Gasteiger partial charge in [0.05, 0.1) is 11.6 Å². The molecule has 1 fully saturated rings. The molecular formula is C18H30N2O. The minimum atomic E-state index is -0.176. The molecule has 0 aliphatic heterocycles. The van der Waals surface area contributed by atoms with Crippen LogP contribution in [0.15, 0.2) is 24.3 Å². The van der Waals surface area contributed by atoms with Gasteiger partial charge in [-0.15, -0.1) is 0 Å². The van der Waals surface area contributed by atoms with Crippen LogP contribution in [0.1, 0.15) is 75.5 Å². The van der Waals surface area contributed by atoms with Gasteiger partial charge in [-0.25, -0.2) is 0 Å². The van der Waals surface area contributed by atoms with Crippen molar-refractivity contribution in [1.82, 2.24) is 5.43 Å². The van der Waals surface area contributed by atoms with Gasteiger partial charge >= 0.3 is 0 Å². The predicted molar refractivity (Wildman–Crippen MR) is 88.0 cm³/mol. The van der Waals surface area contributed by atoms with Gasteiger partial charge in [-0.3, -0.25) is 11.3 Å². The number of hydrogen-bond donors (Lipinski definition) is 2. The van der Waals surface area contributed by atoms with E-state index in [1.165, 1.54) is 36.8 Å². The van der Waals surface area contributed by atoms with Crippen molar-refractivity contribution in [2.24, 2.45) is 5.84 Å². The van der Waals surface area contributed by atoms with Crippen molar-refractivity contribution in [1.29, 1.82) is 0 Å². The smallest absolute Gasteiger partial charge is 0.0885 e. The normalized spacial score (nSPS) is 20.2. The molecule has 118 valence electrons. The average Bonchev–Trinajstić information content (AvgIpc) is 2.75. The highest BCUT2D eigenvalue weighted by Gasteiger charge is 2.39. The molecule has 3 N–H and O–H groups in total. The van der Waals surface area contributed by atoms with Crippen molar-refractivity contribution in [3.8, 4) is 0 Å². The summed E-state index contributed by atoms with van der Waals surface area (Å²) < 4.78 is 6.00. The first-order valence-electron chi connectivity index (χ1n) is 8.24. The zero-order valence-corrected chi connectivity index (χ0v) is 13.7. The highest BCUT2D eigenvalue weighted by Crippen LogP contribution is 2.40. The van der Waals surface area contributed by atoms with Crippen molar-refractivity contribution < 1.29 is 4.74 Å². The van der Waals surface area contributed by atoms with E-state index in [0.717, 1.165) is 12.8 Å². The van der Waals surface area contributed by atoms with Crippen LogP contribution in [-0.2, 0) is 4.74 Å². The van der Waals surface area contributed by atoms with Crippen molar-refractivity contribution in [2.75, 3.05) is 7.11 Å². The van der Waals surface area contributed by atoms with Crippen LogP contribution in [-0.4, -0.2) is 12.7 Å². The summed E-state index contributed by atoms with van der Waals surface area (Å²) in [6.45, 7) is 4.44. The average molecular weight is 290 g/mol. The highest BCUT2D eigenvalue weighted by atomic mass is 16.5. The summed E-state index contributed by atoms with van der Waals surface area (Å²) >= 11 is 0. The number of hydrazine groups is 1. The summed E-state index contributed by atoms with van der Waals surface area (Å²) in [7, 11) is 1.83. The highest BCUT2D eigenvalue weighted by molar-refractivity contribution is 5.28. The van der Waals surface area contributed by atoms with Gasteiger partial charge in [-0.05, 0) is 29.9 Å². The number of rotatable bonds is 5. The van der Waals surface area contributed by atoms with E-state index in [-0.39, 0.29) is 11.6 Å². The standard InChI is InChI=1S/C18H30N2O/c1-14(2)15-8-10-16(11-9-15)17(20-19)18(21-3)12-6-4-5-7-13-18/h8-11,14,17,20H,4-7,12-13,19H2,1-3H3. The Bertz CT molecular complexity index is 419. The van der Waals surface area contributed by atoms with Crippen LogP contribution in [0.5, 0.6) is 0 Å². The topological polar surface area (TPSA) is 47.3 Å². The Morgan fingerprint density at radius 2 is 1.52 bits per heavy atom. The Kier molecular flexibility index (Phi) is 5.80. The Morgan fingerprint density at radius 1 is 1.00 bits per heavy atom. The lowest BCUT2D eigenvalue weighted by Crippen LogP contribution is -2.47. The largest absolute Gasteiger partial charge is 0.376 e. The molecule has 0 radical (unpaired) electrons. The number of ether oxygens (including phenoxy) is 1. The molecule has 1 aliphatic carbocycles. The first-order valence-corrected chi connectivity index (χ1v) is 8.24. The van der Waals surface area contributed by atoms with Crippen LogP contribution in [0.3, 0.4) is 0 Å². The Labute approximate surface area is 129 Å². The minimum absolute atomic E-state index is 0.0572. The lowest BCUT2D eigenvalue weighted by Gasteiger charge is -2.39. The van der Waals surface area contributed by atoms with E-state index in [2.05, 4.69) is 43.5 Å². The van der Waals surface area contributed by atoms with Gasteiger partial charge in [0.15, 0.2) is 0 Å². The number of methoxy groups -OCH3 is 1. The van der Waals surface area contributed by atoms with Crippen molar-refractivity contribution in [2.45, 2.75) is 69.9 Å². The van der Waals surface area contributed by atoms with Crippen molar-refractivity contribution in [3.63, 3.8) is 0 Å². The van der Waals surface area contributed by atoms with Crippen LogP contribution < -0.4 is 11.3 Å². The molecule has 0 spiro atoms. The van der Waals surface area contributed by atoms with Gasteiger partial charge in [0.1, 0.15) is 0 Å². The monoisotopic (exact) mass is 290 g/mol. The third kappa shape index (κ3) is 3.65. The summed E-state index contributed by atoms with van der Waals surface area (Å²) in [5.74, 6) is 6.47. The fourth-order valence-corrected chi connectivity index (χ4v) is 3.56. The van der Waals surface area contributed by atoms with Gasteiger partial charge in [0.25, 0.3) is 0 Å². The number of hydrogen-bond acceptors (Lipinski definition) is 3. The van der Waals surface area contributed by atoms with Crippen molar-refractivity contribution in [3.05, 3.63) is 35.4 Å². The van der Waals surface area contributed by atoms with Crippen LogP contribution in [0.4, 0.5) is 0 Å². The minimum Gasteiger partial charge on any atom is -0.376 e. The van der Waals surface area contributed by atoms with E-state index >= 15 is 0 Å². The van der Waals surface area contributed by atoms with E-state index in [1.807, 2.05) is 7.11 Å². The number of nitrogens with two attached hydrogens (primary N) is 1. The molecule has 1 aliphatic rings. The Hall–Kier alpha value is -0.900. The first kappa shape index (κ1) is 16.5. The lowest BCUT2D eigenvalue weighted by atomic mass is 9.82. The quantitative estimate of drug-likeness (QED) is 0.488. The molecule has 0 heterocycles. The number of nitrogens with one attached hydrogen (secondary N) is 1. The maximum atomic E-state index is 6.00. The van der Waals surface area contributed by atoms with Crippen molar-refractivity contribution >= 4 is 0 Å². The fraction of sp³-hybridized carbons (Fsp3) is 0.667. The second-order valence-electron chi connectivity index (χ2n) is 6.60. The zero-order valence-electron chi connectivity index (χ0n) is 13.7. The second kappa shape index (κ2) is 7.39. The second-order valence-corrected chi connectivity index (χ2v) is 6.60. The van der Waals surface area contributed by atoms with Gasteiger partial charge in [0.2, 0.25) is 0 Å². The van der Waals surface area contributed by atoms with E-state index in [4.69, 9.17) is 10.6 Å². The summed E-state index contributed by atoms with van der Waals surface area (Å²) in [5, 5.41) is 0. The van der Waals surface area contributed by atoms with Gasteiger partial charge in [0, 0.05) is 7.11 Å². The molecular weight excluding hydrogens is 260 g/mol. The Balaban J connectivity index is 2.27. The third-order valence-corrected chi connectivity index (χ3v) is 4.99. The molecule has 21 heavy (non-hydrogen) atoms. The molecule has 1 atom stereocenters. The van der Waals surface area contributed by atoms with Crippen LogP contribution in [0, 0.1) is 0 Å². The molecule has 0 saturated heterocycles. The zero-order chi connectivity index (χ0) is 15.3. The summed E-state index contributed by atoms with van der Waals surface area (Å²) in [4.78, 5) is 0. The first-order chi connectivity index (χ1) is 10.1. The molecule has 1 aromatic rings. The maximum Gasteiger partial charge on any atom is 0.0885 e. The molecule has 1 unspecified atom stereocenters. The van der Waals surface area contributed by atoms with Crippen LogP contribution >= 0.6 is 0 Å². The molecule has 1 aromatic carbocycles. The summed E-state index contributed by atoms with van der Waals surface area (Å²) in [6.07, 6.45) is 7.18. The molecule has 0 bridgehead atoms. The van der Waals surface area contributed by atoms with E-state index in [1.54, 1.807) is 0 Å². The SMILES string of the molecule is COC1(C(NN)c2ccc(C(C)C)cc2)CCCCCC1. The van der Waals surface area contributed by atoms with Crippen LogP contribution in [0.25, 0.3) is 0 Å². The van der Waals surface area contributed by atoms with E-state index in [0.29, 0.717) is 5.92 Å². The lowest BCUT2D eigenvalue weighted by molar-refractivity contribution is -0.0541. The van der Waals surface area contributed by atoms with Gasteiger partial charge in [-0.1, -0.05) is 63.8 Å². The summed E-state index contributed by atoms with van der Waals surface area (Å²) in [6, 6.07) is 8.88. The van der Waals surface area contributed by atoms with Crippen LogP contribution in [0.2, 0.25) is 0 Å². The molecule has 2 rings (SSSR count). The molecule has 3 heteroatoms. The molecule has 3 nitrogen and oxygen atoms in total. The molecule has 0 amide bonds. The maximum absolute atomic E-state index is 6.00.